The van der Waals surface area contributed by atoms with Crippen molar-refractivity contribution in [2.45, 2.75) is 19.4 Å². The molecule has 1 aromatic carbocycles. The van der Waals surface area contributed by atoms with E-state index >= 15 is 0 Å². The zero-order valence-electron chi connectivity index (χ0n) is 8.40. The van der Waals surface area contributed by atoms with Gasteiger partial charge < -0.3 is 10.0 Å². The average molecular weight is 209 g/mol. The highest BCUT2D eigenvalue weighted by Gasteiger charge is 2.30. The monoisotopic (exact) mass is 209 g/mol. The van der Waals surface area contributed by atoms with Crippen molar-refractivity contribution in [3.63, 3.8) is 0 Å². The maximum absolute atomic E-state index is 13.5. The van der Waals surface area contributed by atoms with Gasteiger partial charge in [-0.15, -0.1) is 0 Å². The number of carbonyl (C=O) groups excluding carboxylic acids is 1. The molecule has 2 rings (SSSR count). The third kappa shape index (κ3) is 1.85. The second-order valence-electron chi connectivity index (χ2n) is 3.82. The summed E-state index contributed by atoms with van der Waals surface area (Å²) < 4.78 is 13.5. The molecule has 1 fully saturated rings. The van der Waals surface area contributed by atoms with Gasteiger partial charge in [0.15, 0.2) is 0 Å². The summed E-state index contributed by atoms with van der Waals surface area (Å²) in [5.41, 5.74) is 1.06. The third-order valence-corrected chi connectivity index (χ3v) is 2.50. The van der Waals surface area contributed by atoms with Crippen LogP contribution < -0.4 is 4.90 Å². The van der Waals surface area contributed by atoms with Gasteiger partial charge in [0.2, 0.25) is 5.91 Å². The minimum atomic E-state index is -0.682. The molecule has 1 heterocycles. The van der Waals surface area contributed by atoms with E-state index in [1.54, 1.807) is 19.1 Å². The van der Waals surface area contributed by atoms with Gasteiger partial charge in [0.1, 0.15) is 5.82 Å². The van der Waals surface area contributed by atoms with E-state index < -0.39 is 11.9 Å². The fourth-order valence-corrected chi connectivity index (χ4v) is 1.75. The highest BCUT2D eigenvalue weighted by Crippen LogP contribution is 2.25. The molecule has 0 radical (unpaired) electrons. The molecule has 4 heteroatoms. The first-order chi connectivity index (χ1) is 7.08. The van der Waals surface area contributed by atoms with Gasteiger partial charge in [-0.05, 0) is 24.6 Å². The predicted octanol–water partition coefficient (Wildman–Crippen LogP) is 1.23. The van der Waals surface area contributed by atoms with E-state index in [9.17, 15) is 14.3 Å². The summed E-state index contributed by atoms with van der Waals surface area (Å²) in [6, 6.07) is 4.70. The van der Waals surface area contributed by atoms with Crippen LogP contribution in [-0.4, -0.2) is 23.7 Å². The molecule has 80 valence electrons. The lowest BCUT2D eigenvalue weighted by Gasteiger charge is -2.16. The Morgan fingerprint density at radius 1 is 1.53 bits per heavy atom. The van der Waals surface area contributed by atoms with E-state index in [4.69, 9.17) is 0 Å². The molecule has 1 unspecified atom stereocenters. The summed E-state index contributed by atoms with van der Waals surface area (Å²) in [4.78, 5) is 12.7. The number of aryl methyl sites for hydroxylation is 1. The number of carbonyl (C=O) groups is 1. The number of aliphatic hydroxyl groups excluding tert-OH is 1. The standard InChI is InChI=1S/C11H12FNO2/c1-7-2-3-10(9(12)4-7)13-6-8(14)5-11(13)15/h2-4,8,14H,5-6H2,1H3. The number of anilines is 1. The van der Waals surface area contributed by atoms with Gasteiger partial charge >= 0.3 is 0 Å². The SMILES string of the molecule is Cc1ccc(N2CC(O)CC2=O)c(F)c1. The Labute approximate surface area is 87.1 Å². The van der Waals surface area contributed by atoms with Gasteiger partial charge in [-0.25, -0.2) is 4.39 Å². The second kappa shape index (κ2) is 3.62. The molecular formula is C11H12FNO2. The predicted molar refractivity (Wildman–Crippen MR) is 54.1 cm³/mol. The Balaban J connectivity index is 2.34. The van der Waals surface area contributed by atoms with Crippen molar-refractivity contribution in [3.8, 4) is 0 Å². The number of benzene rings is 1. The molecule has 0 spiro atoms. The topological polar surface area (TPSA) is 40.5 Å². The molecule has 0 aromatic heterocycles. The molecular weight excluding hydrogens is 197 g/mol. The zero-order chi connectivity index (χ0) is 11.0. The Hall–Kier alpha value is -1.42. The summed E-state index contributed by atoms with van der Waals surface area (Å²) in [6.07, 6.45) is -0.606. The first-order valence-electron chi connectivity index (χ1n) is 4.82. The normalized spacial score (nSPS) is 21.1. The lowest BCUT2D eigenvalue weighted by molar-refractivity contribution is -0.117. The Morgan fingerprint density at radius 3 is 2.80 bits per heavy atom. The Bertz CT molecular complexity index is 406. The molecule has 0 saturated carbocycles. The van der Waals surface area contributed by atoms with Crippen molar-refractivity contribution >= 4 is 11.6 Å². The number of hydrogen-bond acceptors (Lipinski definition) is 2. The molecule has 1 saturated heterocycles. The van der Waals surface area contributed by atoms with Crippen LogP contribution in [0.3, 0.4) is 0 Å². The fraction of sp³-hybridized carbons (Fsp3) is 0.364. The van der Waals surface area contributed by atoms with Crippen LogP contribution in [0.5, 0.6) is 0 Å². The minimum absolute atomic E-state index is 0.0767. The van der Waals surface area contributed by atoms with Crippen molar-refractivity contribution in [1.82, 2.24) is 0 Å². The molecule has 0 bridgehead atoms. The molecule has 1 N–H and O–H groups in total. The molecule has 15 heavy (non-hydrogen) atoms. The highest BCUT2D eigenvalue weighted by atomic mass is 19.1. The molecule has 0 aliphatic carbocycles. The number of aliphatic hydroxyl groups is 1. The number of rotatable bonds is 1. The van der Waals surface area contributed by atoms with Crippen LogP contribution in [-0.2, 0) is 4.79 Å². The van der Waals surface area contributed by atoms with E-state index in [1.807, 2.05) is 0 Å². The van der Waals surface area contributed by atoms with Crippen LogP contribution in [0.15, 0.2) is 18.2 Å². The third-order valence-electron chi connectivity index (χ3n) is 2.50. The van der Waals surface area contributed by atoms with E-state index in [0.29, 0.717) is 0 Å². The van der Waals surface area contributed by atoms with Crippen LogP contribution in [0, 0.1) is 12.7 Å². The van der Waals surface area contributed by atoms with Gasteiger partial charge in [-0.2, -0.15) is 0 Å². The van der Waals surface area contributed by atoms with Gasteiger partial charge in [-0.3, -0.25) is 4.79 Å². The molecule has 1 amide bonds. The lowest BCUT2D eigenvalue weighted by Crippen LogP contribution is -2.26. The summed E-state index contributed by atoms with van der Waals surface area (Å²) in [6.45, 7) is 1.96. The Kier molecular flexibility index (Phi) is 2.44. The lowest BCUT2D eigenvalue weighted by atomic mass is 10.2. The highest BCUT2D eigenvalue weighted by molar-refractivity contribution is 5.96. The van der Waals surface area contributed by atoms with E-state index in [-0.39, 0.29) is 24.6 Å². The number of nitrogens with zero attached hydrogens (tertiary/aromatic N) is 1. The first kappa shape index (κ1) is 10.1. The van der Waals surface area contributed by atoms with Crippen molar-refractivity contribution in [3.05, 3.63) is 29.6 Å². The molecule has 3 nitrogen and oxygen atoms in total. The Morgan fingerprint density at radius 2 is 2.27 bits per heavy atom. The molecule has 1 atom stereocenters. The van der Waals surface area contributed by atoms with Crippen molar-refractivity contribution < 1.29 is 14.3 Å². The number of hydrogen-bond donors (Lipinski definition) is 1. The largest absolute Gasteiger partial charge is 0.391 e. The first-order valence-corrected chi connectivity index (χ1v) is 4.82. The second-order valence-corrected chi connectivity index (χ2v) is 3.82. The fourth-order valence-electron chi connectivity index (χ4n) is 1.75. The van der Waals surface area contributed by atoms with Gasteiger partial charge in [0.05, 0.1) is 24.8 Å². The van der Waals surface area contributed by atoms with Gasteiger partial charge in [0, 0.05) is 0 Å². The van der Waals surface area contributed by atoms with Crippen LogP contribution in [0.1, 0.15) is 12.0 Å². The van der Waals surface area contributed by atoms with E-state index in [2.05, 4.69) is 0 Å². The maximum atomic E-state index is 13.5. The molecule has 1 aliphatic rings. The molecule has 1 aliphatic heterocycles. The quantitative estimate of drug-likeness (QED) is 0.755. The summed E-state index contributed by atoms with van der Waals surface area (Å²) in [5.74, 6) is -0.650. The van der Waals surface area contributed by atoms with Crippen molar-refractivity contribution in [2.24, 2.45) is 0 Å². The van der Waals surface area contributed by atoms with Crippen molar-refractivity contribution in [2.75, 3.05) is 11.4 Å². The van der Waals surface area contributed by atoms with E-state index in [0.717, 1.165) is 5.56 Å². The summed E-state index contributed by atoms with van der Waals surface area (Å²) in [5, 5.41) is 9.29. The summed E-state index contributed by atoms with van der Waals surface area (Å²) in [7, 11) is 0. The van der Waals surface area contributed by atoms with Crippen LogP contribution in [0.4, 0.5) is 10.1 Å². The average Bonchev–Trinajstić information content (AvgIpc) is 2.45. The van der Waals surface area contributed by atoms with Gasteiger partial charge in [0.25, 0.3) is 0 Å². The number of amides is 1. The maximum Gasteiger partial charge on any atom is 0.229 e. The number of β-amino-alcohol motifs (C(OH)–C–C–N with tert-alkyl or cyclic N) is 1. The minimum Gasteiger partial charge on any atom is -0.391 e. The van der Waals surface area contributed by atoms with Crippen molar-refractivity contribution in [1.29, 1.82) is 0 Å². The van der Waals surface area contributed by atoms with Crippen LogP contribution >= 0.6 is 0 Å². The number of halogens is 1. The van der Waals surface area contributed by atoms with E-state index in [1.165, 1.54) is 11.0 Å². The molecule has 1 aromatic rings. The summed E-state index contributed by atoms with van der Waals surface area (Å²) >= 11 is 0. The van der Waals surface area contributed by atoms with Crippen LogP contribution in [0.2, 0.25) is 0 Å². The zero-order valence-corrected chi connectivity index (χ0v) is 8.40. The van der Waals surface area contributed by atoms with Crippen LogP contribution in [0.25, 0.3) is 0 Å². The van der Waals surface area contributed by atoms with Gasteiger partial charge in [-0.1, -0.05) is 6.07 Å². The smallest absolute Gasteiger partial charge is 0.229 e.